The Hall–Kier alpha value is -1.17. The van der Waals surface area contributed by atoms with Gasteiger partial charge in [-0.3, -0.25) is 4.90 Å². The van der Waals surface area contributed by atoms with Crippen molar-refractivity contribution in [3.8, 4) is 0 Å². The molecule has 1 atom stereocenters. The molecular formula is C14H19N3OS. The van der Waals surface area contributed by atoms with Gasteiger partial charge in [-0.15, -0.1) is 11.3 Å². The number of aryl methyl sites for hydroxylation is 2. The third-order valence-corrected chi connectivity index (χ3v) is 4.52. The van der Waals surface area contributed by atoms with Crippen LogP contribution in [0.5, 0.6) is 0 Å². The average molecular weight is 277 g/mol. The van der Waals surface area contributed by atoms with Crippen molar-refractivity contribution in [3.05, 3.63) is 39.6 Å². The SMILES string of the molecule is Cc1cnc(C2CN(Cc3sccc3C)CCO2)[nH]1. The Morgan fingerprint density at radius 3 is 3.11 bits per heavy atom. The maximum absolute atomic E-state index is 5.82. The molecule has 4 nitrogen and oxygen atoms in total. The standard InChI is InChI=1S/C14H19N3OS/c1-10-3-6-19-13(10)9-17-4-5-18-12(8-17)14-15-7-11(2)16-14/h3,6-7,12H,4-5,8-9H2,1-2H3,(H,15,16). The number of hydrogen-bond donors (Lipinski definition) is 1. The van der Waals surface area contributed by atoms with Crippen molar-refractivity contribution in [2.75, 3.05) is 19.7 Å². The largest absolute Gasteiger partial charge is 0.368 e. The molecule has 1 saturated heterocycles. The minimum Gasteiger partial charge on any atom is -0.368 e. The molecule has 0 spiro atoms. The number of rotatable bonds is 3. The number of nitrogens with one attached hydrogen (secondary N) is 1. The summed E-state index contributed by atoms with van der Waals surface area (Å²) >= 11 is 1.84. The first-order valence-corrected chi connectivity index (χ1v) is 7.49. The van der Waals surface area contributed by atoms with E-state index in [1.807, 2.05) is 24.5 Å². The smallest absolute Gasteiger partial charge is 0.136 e. The molecule has 0 aliphatic carbocycles. The number of aromatic amines is 1. The molecule has 2 aromatic heterocycles. The number of thiophene rings is 1. The van der Waals surface area contributed by atoms with E-state index in [0.717, 1.165) is 37.8 Å². The first-order chi connectivity index (χ1) is 9.22. The lowest BCUT2D eigenvalue weighted by Crippen LogP contribution is -2.38. The van der Waals surface area contributed by atoms with Crippen molar-refractivity contribution >= 4 is 11.3 Å². The van der Waals surface area contributed by atoms with E-state index in [9.17, 15) is 0 Å². The second kappa shape index (κ2) is 5.45. The lowest BCUT2D eigenvalue weighted by atomic mass is 10.2. The molecular weight excluding hydrogens is 258 g/mol. The normalized spacial score (nSPS) is 20.8. The number of morpholine rings is 1. The van der Waals surface area contributed by atoms with Gasteiger partial charge in [0.05, 0.1) is 6.61 Å². The number of nitrogens with zero attached hydrogens (tertiary/aromatic N) is 2. The fourth-order valence-electron chi connectivity index (χ4n) is 2.38. The van der Waals surface area contributed by atoms with Gasteiger partial charge in [0.25, 0.3) is 0 Å². The molecule has 2 aromatic rings. The van der Waals surface area contributed by atoms with E-state index in [1.165, 1.54) is 10.4 Å². The highest BCUT2D eigenvalue weighted by Gasteiger charge is 2.24. The van der Waals surface area contributed by atoms with E-state index in [0.29, 0.717) is 0 Å². The van der Waals surface area contributed by atoms with Crippen LogP contribution in [0.25, 0.3) is 0 Å². The number of aromatic nitrogens is 2. The fraction of sp³-hybridized carbons (Fsp3) is 0.500. The van der Waals surface area contributed by atoms with Gasteiger partial charge in [-0.2, -0.15) is 0 Å². The maximum Gasteiger partial charge on any atom is 0.136 e. The molecule has 0 saturated carbocycles. The summed E-state index contributed by atoms with van der Waals surface area (Å²) in [6, 6.07) is 2.19. The van der Waals surface area contributed by atoms with Crippen LogP contribution in [-0.2, 0) is 11.3 Å². The maximum atomic E-state index is 5.82. The summed E-state index contributed by atoms with van der Waals surface area (Å²) in [6.07, 6.45) is 1.93. The molecule has 1 fully saturated rings. The molecule has 1 unspecified atom stereocenters. The molecule has 0 amide bonds. The zero-order chi connectivity index (χ0) is 13.2. The summed E-state index contributed by atoms with van der Waals surface area (Å²) in [4.78, 5) is 11.6. The van der Waals surface area contributed by atoms with Gasteiger partial charge < -0.3 is 9.72 Å². The molecule has 19 heavy (non-hydrogen) atoms. The molecule has 1 aliphatic heterocycles. The van der Waals surface area contributed by atoms with Crippen LogP contribution in [0.2, 0.25) is 0 Å². The quantitative estimate of drug-likeness (QED) is 0.937. The molecule has 1 N–H and O–H groups in total. The average Bonchev–Trinajstić information content (AvgIpc) is 3.00. The molecule has 3 heterocycles. The van der Waals surface area contributed by atoms with Gasteiger partial charge >= 0.3 is 0 Å². The zero-order valence-electron chi connectivity index (χ0n) is 11.3. The van der Waals surface area contributed by atoms with E-state index in [-0.39, 0.29) is 6.10 Å². The summed E-state index contributed by atoms with van der Waals surface area (Å²) in [5.74, 6) is 0.949. The Bertz CT molecular complexity index is 548. The first-order valence-electron chi connectivity index (χ1n) is 6.61. The molecule has 0 aromatic carbocycles. The van der Waals surface area contributed by atoms with Crippen LogP contribution in [0.3, 0.4) is 0 Å². The Balaban J connectivity index is 1.66. The van der Waals surface area contributed by atoms with E-state index in [4.69, 9.17) is 4.74 Å². The van der Waals surface area contributed by atoms with Crippen molar-refractivity contribution in [2.24, 2.45) is 0 Å². The lowest BCUT2D eigenvalue weighted by molar-refractivity contribution is -0.0366. The fourth-order valence-corrected chi connectivity index (χ4v) is 3.32. The van der Waals surface area contributed by atoms with Crippen LogP contribution < -0.4 is 0 Å². The summed E-state index contributed by atoms with van der Waals surface area (Å²) in [5, 5.41) is 2.17. The highest BCUT2D eigenvalue weighted by molar-refractivity contribution is 7.10. The summed E-state index contributed by atoms with van der Waals surface area (Å²) in [6.45, 7) is 7.89. The van der Waals surface area contributed by atoms with Crippen molar-refractivity contribution in [1.29, 1.82) is 0 Å². The zero-order valence-corrected chi connectivity index (χ0v) is 12.2. The molecule has 0 bridgehead atoms. The van der Waals surface area contributed by atoms with E-state index in [2.05, 4.69) is 33.2 Å². The van der Waals surface area contributed by atoms with Crippen LogP contribution in [0.4, 0.5) is 0 Å². The number of hydrogen-bond acceptors (Lipinski definition) is 4. The third-order valence-electron chi connectivity index (χ3n) is 3.51. The molecule has 5 heteroatoms. The number of imidazole rings is 1. The van der Waals surface area contributed by atoms with Gasteiger partial charge in [0.15, 0.2) is 0 Å². The Kier molecular flexibility index (Phi) is 3.68. The Labute approximate surface area is 117 Å². The minimum atomic E-state index is 0.0720. The van der Waals surface area contributed by atoms with E-state index >= 15 is 0 Å². The summed E-state index contributed by atoms with van der Waals surface area (Å²) in [7, 11) is 0. The molecule has 0 radical (unpaired) electrons. The lowest BCUT2D eigenvalue weighted by Gasteiger charge is -2.31. The van der Waals surface area contributed by atoms with Crippen molar-refractivity contribution in [2.45, 2.75) is 26.5 Å². The van der Waals surface area contributed by atoms with Crippen LogP contribution in [0.1, 0.15) is 28.1 Å². The number of H-pyrrole nitrogens is 1. The highest BCUT2D eigenvalue weighted by atomic mass is 32.1. The van der Waals surface area contributed by atoms with E-state index < -0.39 is 0 Å². The minimum absolute atomic E-state index is 0.0720. The predicted molar refractivity (Wildman–Crippen MR) is 76.4 cm³/mol. The van der Waals surface area contributed by atoms with Gasteiger partial charge in [0, 0.05) is 36.4 Å². The summed E-state index contributed by atoms with van der Waals surface area (Å²) < 4.78 is 5.82. The Morgan fingerprint density at radius 1 is 1.53 bits per heavy atom. The topological polar surface area (TPSA) is 41.2 Å². The third kappa shape index (κ3) is 2.88. The molecule has 1 aliphatic rings. The number of ether oxygens (including phenoxy) is 1. The van der Waals surface area contributed by atoms with Crippen molar-refractivity contribution in [1.82, 2.24) is 14.9 Å². The molecule has 102 valence electrons. The van der Waals surface area contributed by atoms with Crippen molar-refractivity contribution in [3.63, 3.8) is 0 Å². The van der Waals surface area contributed by atoms with Gasteiger partial charge in [-0.1, -0.05) is 0 Å². The first kappa shape index (κ1) is 12.8. The van der Waals surface area contributed by atoms with Gasteiger partial charge in [-0.05, 0) is 30.9 Å². The van der Waals surface area contributed by atoms with Crippen LogP contribution in [0.15, 0.2) is 17.6 Å². The van der Waals surface area contributed by atoms with Crippen molar-refractivity contribution < 1.29 is 4.74 Å². The van der Waals surface area contributed by atoms with Gasteiger partial charge in [-0.25, -0.2) is 4.98 Å². The molecule has 3 rings (SSSR count). The van der Waals surface area contributed by atoms with Crippen LogP contribution >= 0.6 is 11.3 Å². The second-order valence-electron chi connectivity index (χ2n) is 5.07. The van der Waals surface area contributed by atoms with Gasteiger partial charge in [0.2, 0.25) is 0 Å². The monoisotopic (exact) mass is 277 g/mol. The second-order valence-corrected chi connectivity index (χ2v) is 6.07. The van der Waals surface area contributed by atoms with Crippen LogP contribution in [-0.4, -0.2) is 34.6 Å². The van der Waals surface area contributed by atoms with E-state index in [1.54, 1.807) is 0 Å². The van der Waals surface area contributed by atoms with Gasteiger partial charge in [0.1, 0.15) is 11.9 Å². The highest BCUT2D eigenvalue weighted by Crippen LogP contribution is 2.23. The predicted octanol–water partition coefficient (Wildman–Crippen LogP) is 2.66. The summed E-state index contributed by atoms with van der Waals surface area (Å²) in [5.41, 5.74) is 2.48. The Morgan fingerprint density at radius 2 is 2.42 bits per heavy atom. The van der Waals surface area contributed by atoms with Crippen LogP contribution in [0, 0.1) is 13.8 Å².